The first-order chi connectivity index (χ1) is 8.84. The molecular weight excluding hydrogens is 224 g/mol. The fraction of sp³-hybridized carbons (Fsp3) is 0.600. The van der Waals surface area contributed by atoms with Gasteiger partial charge in [-0.15, -0.1) is 0 Å². The summed E-state index contributed by atoms with van der Waals surface area (Å²) in [4.78, 5) is 2.41. The minimum atomic E-state index is 0.595. The average Bonchev–Trinajstić information content (AvgIpc) is 2.82. The van der Waals surface area contributed by atoms with Crippen molar-refractivity contribution in [2.75, 3.05) is 32.1 Å². The van der Waals surface area contributed by atoms with Crippen LogP contribution in [0, 0.1) is 0 Å². The number of likely N-dealkylation sites (N-methyl/N-ethyl adjacent to an activating group) is 1. The van der Waals surface area contributed by atoms with E-state index in [-0.39, 0.29) is 0 Å². The van der Waals surface area contributed by atoms with Crippen LogP contribution in [0.2, 0.25) is 0 Å². The van der Waals surface area contributed by atoms with Gasteiger partial charge in [0.25, 0.3) is 0 Å². The number of benzene rings is 1. The van der Waals surface area contributed by atoms with Crippen molar-refractivity contribution in [2.24, 2.45) is 0 Å². The van der Waals surface area contributed by atoms with Crippen LogP contribution in [0.3, 0.4) is 0 Å². The summed E-state index contributed by atoms with van der Waals surface area (Å²) in [5, 5.41) is 3.45. The highest BCUT2D eigenvalue weighted by Crippen LogP contribution is 2.31. The molecule has 0 amide bonds. The molecule has 1 N–H and O–H groups in total. The summed E-state index contributed by atoms with van der Waals surface area (Å²) in [7, 11) is 2.20. The smallest absolute Gasteiger partial charge is 0.124 e. The summed E-state index contributed by atoms with van der Waals surface area (Å²) in [6, 6.07) is 6.95. The number of rotatable bonds is 3. The standard InChI is InChI=1S/C15H22N2O/c1-17-10-4-5-12(17)11-18-15-8-2-7-14-13(15)6-3-9-16-14/h2,7-8,12,16H,3-6,9-11H2,1H3. The Morgan fingerprint density at radius 1 is 1.39 bits per heavy atom. The van der Waals surface area contributed by atoms with Crippen LogP contribution in [-0.4, -0.2) is 37.7 Å². The molecule has 2 aliphatic heterocycles. The molecule has 18 heavy (non-hydrogen) atoms. The van der Waals surface area contributed by atoms with E-state index in [4.69, 9.17) is 4.74 Å². The topological polar surface area (TPSA) is 24.5 Å². The lowest BCUT2D eigenvalue weighted by Crippen LogP contribution is -2.30. The van der Waals surface area contributed by atoms with E-state index in [1.54, 1.807) is 0 Å². The van der Waals surface area contributed by atoms with Crippen LogP contribution in [0.5, 0.6) is 5.75 Å². The Hall–Kier alpha value is -1.22. The van der Waals surface area contributed by atoms with Gasteiger partial charge in [-0.2, -0.15) is 0 Å². The van der Waals surface area contributed by atoms with Crippen molar-refractivity contribution in [1.29, 1.82) is 0 Å². The predicted octanol–water partition coefficient (Wildman–Crippen LogP) is 2.52. The van der Waals surface area contributed by atoms with Gasteiger partial charge >= 0.3 is 0 Å². The van der Waals surface area contributed by atoms with Gasteiger partial charge in [-0.1, -0.05) is 6.07 Å². The van der Waals surface area contributed by atoms with E-state index < -0.39 is 0 Å². The maximum absolute atomic E-state index is 6.08. The highest BCUT2D eigenvalue weighted by atomic mass is 16.5. The van der Waals surface area contributed by atoms with Crippen molar-refractivity contribution in [2.45, 2.75) is 31.7 Å². The predicted molar refractivity (Wildman–Crippen MR) is 74.4 cm³/mol. The summed E-state index contributed by atoms with van der Waals surface area (Å²) in [5.74, 6) is 1.08. The number of fused-ring (bicyclic) bond motifs is 1. The fourth-order valence-corrected chi connectivity index (χ4v) is 2.99. The molecule has 1 aromatic rings. The minimum Gasteiger partial charge on any atom is -0.492 e. The Labute approximate surface area is 109 Å². The molecule has 0 radical (unpaired) electrons. The molecule has 1 aromatic carbocycles. The quantitative estimate of drug-likeness (QED) is 0.887. The molecule has 3 heteroatoms. The van der Waals surface area contributed by atoms with Gasteiger partial charge in [0.1, 0.15) is 12.4 Å². The van der Waals surface area contributed by atoms with Crippen LogP contribution in [0.4, 0.5) is 5.69 Å². The van der Waals surface area contributed by atoms with Crippen LogP contribution in [-0.2, 0) is 6.42 Å². The van der Waals surface area contributed by atoms with E-state index in [1.807, 2.05) is 0 Å². The Kier molecular flexibility index (Phi) is 3.41. The van der Waals surface area contributed by atoms with Gasteiger partial charge in [0.05, 0.1) is 0 Å². The van der Waals surface area contributed by atoms with Gasteiger partial charge in [0.15, 0.2) is 0 Å². The van der Waals surface area contributed by atoms with Gasteiger partial charge in [0.2, 0.25) is 0 Å². The molecule has 1 atom stereocenters. The van der Waals surface area contributed by atoms with E-state index in [0.29, 0.717) is 6.04 Å². The first-order valence-corrected chi connectivity index (χ1v) is 7.03. The Balaban J connectivity index is 1.69. The van der Waals surface area contributed by atoms with Crippen LogP contribution < -0.4 is 10.1 Å². The zero-order valence-corrected chi connectivity index (χ0v) is 11.1. The molecule has 2 aliphatic rings. The summed E-state index contributed by atoms with van der Waals surface area (Å²) in [5.41, 5.74) is 2.63. The summed E-state index contributed by atoms with van der Waals surface area (Å²) in [6.07, 6.45) is 4.92. The number of hydrogen-bond acceptors (Lipinski definition) is 3. The molecule has 0 aliphatic carbocycles. The summed E-state index contributed by atoms with van der Waals surface area (Å²) in [6.45, 7) is 3.12. The molecule has 1 saturated heterocycles. The van der Waals surface area contributed by atoms with Crippen molar-refractivity contribution in [1.82, 2.24) is 4.90 Å². The second kappa shape index (κ2) is 5.19. The lowest BCUT2D eigenvalue weighted by molar-refractivity contribution is 0.197. The highest BCUT2D eigenvalue weighted by Gasteiger charge is 2.22. The Morgan fingerprint density at radius 2 is 2.33 bits per heavy atom. The summed E-state index contributed by atoms with van der Waals surface area (Å²) >= 11 is 0. The molecule has 0 saturated carbocycles. The Morgan fingerprint density at radius 3 is 3.17 bits per heavy atom. The van der Waals surface area contributed by atoms with E-state index in [1.165, 1.54) is 37.1 Å². The maximum Gasteiger partial charge on any atom is 0.124 e. The van der Waals surface area contributed by atoms with Crippen LogP contribution >= 0.6 is 0 Å². The van der Waals surface area contributed by atoms with Gasteiger partial charge in [-0.05, 0) is 51.4 Å². The van der Waals surface area contributed by atoms with E-state index in [0.717, 1.165) is 25.3 Å². The van der Waals surface area contributed by atoms with Crippen molar-refractivity contribution in [3.05, 3.63) is 23.8 Å². The third kappa shape index (κ3) is 2.32. The molecule has 3 nitrogen and oxygen atoms in total. The molecule has 1 unspecified atom stereocenters. The lowest BCUT2D eigenvalue weighted by atomic mass is 10.0. The number of anilines is 1. The molecule has 98 valence electrons. The van der Waals surface area contributed by atoms with Crippen LogP contribution in [0.25, 0.3) is 0 Å². The number of nitrogens with zero attached hydrogens (tertiary/aromatic N) is 1. The molecular formula is C15H22N2O. The van der Waals surface area contributed by atoms with Crippen molar-refractivity contribution in [3.63, 3.8) is 0 Å². The molecule has 3 rings (SSSR count). The van der Waals surface area contributed by atoms with Crippen molar-refractivity contribution >= 4 is 5.69 Å². The van der Waals surface area contributed by atoms with Crippen molar-refractivity contribution < 1.29 is 4.74 Å². The van der Waals surface area contributed by atoms with E-state index in [9.17, 15) is 0 Å². The third-order valence-electron chi connectivity index (χ3n) is 4.15. The zero-order valence-electron chi connectivity index (χ0n) is 11.1. The first-order valence-electron chi connectivity index (χ1n) is 7.03. The van der Waals surface area contributed by atoms with Gasteiger partial charge in [-0.3, -0.25) is 0 Å². The number of ether oxygens (including phenoxy) is 1. The second-order valence-electron chi connectivity index (χ2n) is 5.40. The largest absolute Gasteiger partial charge is 0.492 e. The normalized spacial score (nSPS) is 23.5. The van der Waals surface area contributed by atoms with E-state index >= 15 is 0 Å². The Bertz CT molecular complexity index is 419. The molecule has 0 aromatic heterocycles. The highest BCUT2D eigenvalue weighted by molar-refractivity contribution is 5.59. The number of nitrogens with one attached hydrogen (secondary N) is 1. The number of hydrogen-bond donors (Lipinski definition) is 1. The van der Waals surface area contributed by atoms with Gasteiger partial charge < -0.3 is 15.0 Å². The third-order valence-corrected chi connectivity index (χ3v) is 4.15. The molecule has 2 heterocycles. The maximum atomic E-state index is 6.08. The lowest BCUT2D eigenvalue weighted by Gasteiger charge is -2.24. The van der Waals surface area contributed by atoms with Crippen LogP contribution in [0.15, 0.2) is 18.2 Å². The van der Waals surface area contributed by atoms with E-state index in [2.05, 4.69) is 35.5 Å². The second-order valence-corrected chi connectivity index (χ2v) is 5.40. The molecule has 0 spiro atoms. The summed E-state index contributed by atoms with van der Waals surface area (Å²) < 4.78 is 6.08. The van der Waals surface area contributed by atoms with Gasteiger partial charge in [-0.25, -0.2) is 0 Å². The first kappa shape index (κ1) is 11.8. The van der Waals surface area contributed by atoms with Gasteiger partial charge in [0, 0.05) is 23.8 Å². The minimum absolute atomic E-state index is 0.595. The van der Waals surface area contributed by atoms with Crippen LogP contribution in [0.1, 0.15) is 24.8 Å². The number of likely N-dealkylation sites (tertiary alicyclic amines) is 1. The molecule has 1 fully saturated rings. The molecule has 0 bridgehead atoms. The fourth-order valence-electron chi connectivity index (χ4n) is 2.99. The van der Waals surface area contributed by atoms with Crippen molar-refractivity contribution in [3.8, 4) is 5.75 Å². The average molecular weight is 246 g/mol. The monoisotopic (exact) mass is 246 g/mol. The zero-order chi connectivity index (χ0) is 12.4. The SMILES string of the molecule is CN1CCCC1COc1cccc2c1CCCN2.